The SMILES string of the molecule is CCc1cc2c(N3CCNCC3)nc(NC[C@@H](O)CO)nc2s1. The van der Waals surface area contributed by atoms with Gasteiger partial charge in [0, 0.05) is 37.6 Å². The fraction of sp³-hybridized carbons (Fsp3) is 0.600. The zero-order valence-corrected chi connectivity index (χ0v) is 14.1. The topological polar surface area (TPSA) is 93.5 Å². The molecule has 8 heteroatoms. The molecule has 3 rings (SSSR count). The highest BCUT2D eigenvalue weighted by Crippen LogP contribution is 2.32. The van der Waals surface area contributed by atoms with Crippen LogP contribution in [0.2, 0.25) is 0 Å². The van der Waals surface area contributed by atoms with Crippen molar-refractivity contribution >= 4 is 33.3 Å². The lowest BCUT2D eigenvalue weighted by Crippen LogP contribution is -2.44. The van der Waals surface area contributed by atoms with Crippen molar-refractivity contribution in [3.63, 3.8) is 0 Å². The van der Waals surface area contributed by atoms with Gasteiger partial charge in [-0.1, -0.05) is 6.92 Å². The second kappa shape index (κ2) is 7.39. The first-order valence-electron chi connectivity index (χ1n) is 8.00. The zero-order valence-electron chi connectivity index (χ0n) is 13.2. The lowest BCUT2D eigenvalue weighted by Gasteiger charge is -2.29. The highest BCUT2D eigenvalue weighted by Gasteiger charge is 2.19. The molecule has 2 aromatic heterocycles. The lowest BCUT2D eigenvalue weighted by atomic mass is 10.2. The van der Waals surface area contributed by atoms with E-state index in [-0.39, 0.29) is 13.2 Å². The Hall–Kier alpha value is -1.48. The van der Waals surface area contributed by atoms with E-state index in [1.807, 2.05) is 0 Å². The summed E-state index contributed by atoms with van der Waals surface area (Å²) in [6, 6.07) is 2.18. The van der Waals surface area contributed by atoms with E-state index in [0.717, 1.165) is 48.6 Å². The lowest BCUT2D eigenvalue weighted by molar-refractivity contribution is 0.105. The number of anilines is 2. The highest BCUT2D eigenvalue weighted by atomic mass is 32.1. The number of thiophene rings is 1. The number of fused-ring (bicyclic) bond motifs is 1. The zero-order chi connectivity index (χ0) is 16.2. The van der Waals surface area contributed by atoms with Gasteiger partial charge in [0.1, 0.15) is 10.6 Å². The molecule has 2 aromatic rings. The number of aliphatic hydroxyl groups is 2. The summed E-state index contributed by atoms with van der Waals surface area (Å²) in [5, 5.41) is 25.9. The summed E-state index contributed by atoms with van der Waals surface area (Å²) in [6.07, 6.45) is 0.167. The molecule has 23 heavy (non-hydrogen) atoms. The Morgan fingerprint density at radius 2 is 2.17 bits per heavy atom. The first kappa shape index (κ1) is 16.4. The van der Waals surface area contributed by atoms with Crippen molar-refractivity contribution < 1.29 is 10.2 Å². The second-order valence-electron chi connectivity index (χ2n) is 5.61. The first-order valence-corrected chi connectivity index (χ1v) is 8.81. The van der Waals surface area contributed by atoms with Gasteiger partial charge in [0.05, 0.1) is 18.1 Å². The van der Waals surface area contributed by atoms with Gasteiger partial charge in [-0.15, -0.1) is 11.3 Å². The Bertz CT molecular complexity index is 657. The molecule has 126 valence electrons. The van der Waals surface area contributed by atoms with Crippen LogP contribution in [0, 0.1) is 0 Å². The molecule has 0 bridgehead atoms. The van der Waals surface area contributed by atoms with Crippen molar-refractivity contribution in [1.82, 2.24) is 15.3 Å². The van der Waals surface area contributed by atoms with Gasteiger partial charge >= 0.3 is 0 Å². The van der Waals surface area contributed by atoms with Crippen LogP contribution >= 0.6 is 11.3 Å². The Kier molecular flexibility index (Phi) is 5.27. The number of nitrogens with one attached hydrogen (secondary N) is 2. The van der Waals surface area contributed by atoms with Crippen LogP contribution in [0.15, 0.2) is 6.07 Å². The van der Waals surface area contributed by atoms with Gasteiger partial charge in [-0.3, -0.25) is 0 Å². The summed E-state index contributed by atoms with van der Waals surface area (Å²) in [4.78, 5) is 13.8. The summed E-state index contributed by atoms with van der Waals surface area (Å²) < 4.78 is 0. The maximum absolute atomic E-state index is 9.51. The molecule has 0 unspecified atom stereocenters. The summed E-state index contributed by atoms with van der Waals surface area (Å²) in [5.41, 5.74) is 0. The fourth-order valence-corrected chi connectivity index (χ4v) is 3.56. The Labute approximate surface area is 139 Å². The third-order valence-electron chi connectivity index (χ3n) is 3.90. The average Bonchev–Trinajstić information content (AvgIpc) is 3.02. The number of rotatable bonds is 6. The van der Waals surface area contributed by atoms with Gasteiger partial charge in [-0.05, 0) is 12.5 Å². The van der Waals surface area contributed by atoms with Crippen molar-refractivity contribution in [2.45, 2.75) is 19.4 Å². The standard InChI is InChI=1S/C15H23N5O2S/c1-2-11-7-12-13(20-5-3-16-4-6-20)18-15(19-14(12)23-11)17-8-10(22)9-21/h7,10,16,21-22H,2-6,8-9H2,1H3,(H,17,18,19)/t10-/m1/s1. The van der Waals surface area contributed by atoms with E-state index < -0.39 is 6.10 Å². The molecule has 7 nitrogen and oxygen atoms in total. The average molecular weight is 337 g/mol. The van der Waals surface area contributed by atoms with E-state index in [9.17, 15) is 5.11 Å². The maximum atomic E-state index is 9.51. The minimum Gasteiger partial charge on any atom is -0.394 e. The maximum Gasteiger partial charge on any atom is 0.226 e. The van der Waals surface area contributed by atoms with Crippen molar-refractivity contribution in [2.75, 3.05) is 49.5 Å². The monoisotopic (exact) mass is 337 g/mol. The number of aliphatic hydroxyl groups excluding tert-OH is 2. The van der Waals surface area contributed by atoms with Crippen LogP contribution in [-0.2, 0) is 6.42 Å². The number of hydrogen-bond donors (Lipinski definition) is 4. The summed E-state index contributed by atoms with van der Waals surface area (Å²) in [7, 11) is 0. The number of piperazine rings is 1. The normalized spacial score (nSPS) is 16.7. The quantitative estimate of drug-likeness (QED) is 0.607. The van der Waals surface area contributed by atoms with Gasteiger partial charge in [0.15, 0.2) is 0 Å². The molecule has 0 amide bonds. The summed E-state index contributed by atoms with van der Waals surface area (Å²) in [5.74, 6) is 1.46. The fourth-order valence-electron chi connectivity index (χ4n) is 2.60. The Morgan fingerprint density at radius 1 is 1.39 bits per heavy atom. The van der Waals surface area contributed by atoms with E-state index in [4.69, 9.17) is 5.11 Å². The highest BCUT2D eigenvalue weighted by molar-refractivity contribution is 7.18. The van der Waals surface area contributed by atoms with Gasteiger partial charge in [0.25, 0.3) is 0 Å². The molecule has 1 aliphatic rings. The van der Waals surface area contributed by atoms with Crippen LogP contribution in [0.4, 0.5) is 11.8 Å². The van der Waals surface area contributed by atoms with Gasteiger partial charge in [-0.2, -0.15) is 4.98 Å². The summed E-state index contributed by atoms with van der Waals surface area (Å²) in [6.45, 7) is 5.82. The molecule has 0 radical (unpaired) electrons. The summed E-state index contributed by atoms with van der Waals surface area (Å²) >= 11 is 1.68. The molecule has 1 saturated heterocycles. The molecule has 1 aliphatic heterocycles. The largest absolute Gasteiger partial charge is 0.394 e. The number of aryl methyl sites for hydroxylation is 1. The number of aromatic nitrogens is 2. The number of hydrogen-bond acceptors (Lipinski definition) is 8. The first-order chi connectivity index (χ1) is 11.2. The van der Waals surface area contributed by atoms with E-state index in [1.54, 1.807) is 11.3 Å². The van der Waals surface area contributed by atoms with Crippen molar-refractivity contribution in [1.29, 1.82) is 0 Å². The van der Waals surface area contributed by atoms with Crippen LogP contribution < -0.4 is 15.5 Å². The molecule has 0 aliphatic carbocycles. The van der Waals surface area contributed by atoms with Crippen molar-refractivity contribution in [3.05, 3.63) is 10.9 Å². The molecular weight excluding hydrogens is 314 g/mol. The predicted molar refractivity (Wildman–Crippen MR) is 93.5 cm³/mol. The Morgan fingerprint density at radius 3 is 2.87 bits per heavy atom. The van der Waals surface area contributed by atoms with Gasteiger partial charge < -0.3 is 25.7 Å². The molecule has 0 saturated carbocycles. The van der Waals surface area contributed by atoms with E-state index in [1.165, 1.54) is 4.88 Å². The molecule has 0 aromatic carbocycles. The minimum atomic E-state index is -0.813. The third kappa shape index (κ3) is 3.72. The van der Waals surface area contributed by atoms with Crippen LogP contribution in [0.5, 0.6) is 0 Å². The molecule has 0 spiro atoms. The molecule has 3 heterocycles. The third-order valence-corrected chi connectivity index (χ3v) is 5.07. The van der Waals surface area contributed by atoms with Crippen LogP contribution in [-0.4, -0.2) is 65.6 Å². The predicted octanol–water partition coefficient (Wildman–Crippen LogP) is 0.428. The smallest absolute Gasteiger partial charge is 0.226 e. The second-order valence-corrected chi connectivity index (χ2v) is 6.73. The van der Waals surface area contributed by atoms with Gasteiger partial charge in [-0.25, -0.2) is 4.98 Å². The molecule has 4 N–H and O–H groups in total. The van der Waals surface area contributed by atoms with Crippen LogP contribution in [0.3, 0.4) is 0 Å². The molecular formula is C15H23N5O2S. The van der Waals surface area contributed by atoms with Crippen molar-refractivity contribution in [3.8, 4) is 0 Å². The van der Waals surface area contributed by atoms with Crippen molar-refractivity contribution in [2.24, 2.45) is 0 Å². The van der Waals surface area contributed by atoms with E-state index in [0.29, 0.717) is 5.95 Å². The Balaban J connectivity index is 1.94. The van der Waals surface area contributed by atoms with E-state index >= 15 is 0 Å². The number of nitrogens with zero attached hydrogens (tertiary/aromatic N) is 3. The van der Waals surface area contributed by atoms with E-state index in [2.05, 4.69) is 38.5 Å². The molecule has 1 fully saturated rings. The molecule has 1 atom stereocenters. The van der Waals surface area contributed by atoms with Crippen LogP contribution in [0.1, 0.15) is 11.8 Å². The van der Waals surface area contributed by atoms with Gasteiger partial charge in [0.2, 0.25) is 5.95 Å². The van der Waals surface area contributed by atoms with Crippen LogP contribution in [0.25, 0.3) is 10.2 Å². The minimum absolute atomic E-state index is 0.231.